The van der Waals surface area contributed by atoms with E-state index >= 15 is 0 Å². The Morgan fingerprint density at radius 1 is 1.17 bits per heavy atom. The molecule has 2 nitrogen and oxygen atoms in total. The van der Waals surface area contributed by atoms with Gasteiger partial charge < -0.3 is 5.32 Å². The largest absolute Gasteiger partial charge is 0.326 e. The monoisotopic (exact) mass is 241 g/mol. The number of hydrogen-bond donors (Lipinski definition) is 1. The molecule has 1 amide bonds. The number of hydrogen-bond acceptors (Lipinski definition) is 1. The zero-order chi connectivity index (χ0) is 12.3. The van der Waals surface area contributed by atoms with E-state index in [1.165, 1.54) is 19.3 Å². The van der Waals surface area contributed by atoms with Gasteiger partial charge in [0, 0.05) is 11.6 Å². The third kappa shape index (κ3) is 1.38. The standard InChI is InChI=1S/C16H19NO/c1-9-4-2-3-5-12(9)17-16(18)15-13-10-6-7-11(8-10)14(13)15/h2-5,10-11,13-15H,6-8H2,1H3,(H,17,18)/t10-,11-,13-,14+,15?/m0/s1. The van der Waals surface area contributed by atoms with Gasteiger partial charge in [-0.15, -0.1) is 0 Å². The lowest BCUT2D eigenvalue weighted by atomic mass is 10.0. The fourth-order valence-corrected chi connectivity index (χ4v) is 4.60. The summed E-state index contributed by atoms with van der Waals surface area (Å²) in [7, 11) is 0. The minimum Gasteiger partial charge on any atom is -0.326 e. The molecule has 5 atom stereocenters. The normalized spacial score (nSPS) is 39.5. The zero-order valence-electron chi connectivity index (χ0n) is 10.7. The van der Waals surface area contributed by atoms with Gasteiger partial charge in [-0.3, -0.25) is 4.79 Å². The van der Waals surface area contributed by atoms with Crippen molar-refractivity contribution in [3.63, 3.8) is 0 Å². The highest BCUT2D eigenvalue weighted by Crippen LogP contribution is 2.69. The van der Waals surface area contributed by atoms with Crippen molar-refractivity contribution in [1.29, 1.82) is 0 Å². The first-order valence-corrected chi connectivity index (χ1v) is 7.12. The lowest BCUT2D eigenvalue weighted by molar-refractivity contribution is -0.118. The SMILES string of the molecule is Cc1ccccc1NC(=O)C1[C@@H]2[C@H]3CC[C@@H](C3)[C@H]12. The molecule has 1 unspecified atom stereocenters. The number of fused-ring (bicyclic) bond motifs is 5. The summed E-state index contributed by atoms with van der Waals surface area (Å²) >= 11 is 0. The van der Waals surface area contributed by atoms with E-state index in [9.17, 15) is 4.79 Å². The first kappa shape index (κ1) is 10.6. The molecular formula is C16H19NO. The van der Waals surface area contributed by atoms with Crippen molar-refractivity contribution in [2.24, 2.45) is 29.6 Å². The van der Waals surface area contributed by atoms with Crippen molar-refractivity contribution in [2.75, 3.05) is 5.32 Å². The number of rotatable bonds is 2. The predicted molar refractivity (Wildman–Crippen MR) is 71.1 cm³/mol. The highest BCUT2D eigenvalue weighted by Gasteiger charge is 2.67. The van der Waals surface area contributed by atoms with E-state index in [-0.39, 0.29) is 5.91 Å². The van der Waals surface area contributed by atoms with Crippen LogP contribution in [0.3, 0.4) is 0 Å². The van der Waals surface area contributed by atoms with E-state index < -0.39 is 0 Å². The van der Waals surface area contributed by atoms with Gasteiger partial charge in [-0.1, -0.05) is 18.2 Å². The number of carbonyl (C=O) groups is 1. The molecule has 0 aliphatic heterocycles. The number of anilines is 1. The fourth-order valence-electron chi connectivity index (χ4n) is 4.60. The second-order valence-electron chi connectivity index (χ2n) is 6.32. The van der Waals surface area contributed by atoms with E-state index in [4.69, 9.17) is 0 Å². The number of benzene rings is 1. The third-order valence-electron chi connectivity index (χ3n) is 5.44. The average molecular weight is 241 g/mol. The van der Waals surface area contributed by atoms with Crippen LogP contribution in [-0.4, -0.2) is 5.91 Å². The lowest BCUT2D eigenvalue weighted by Gasteiger charge is -2.11. The summed E-state index contributed by atoms with van der Waals surface area (Å²) < 4.78 is 0. The Bertz CT molecular complexity index is 494. The van der Waals surface area contributed by atoms with Crippen LogP contribution >= 0.6 is 0 Å². The van der Waals surface area contributed by atoms with Crippen LogP contribution in [0.2, 0.25) is 0 Å². The molecule has 1 N–H and O–H groups in total. The van der Waals surface area contributed by atoms with Crippen molar-refractivity contribution in [2.45, 2.75) is 26.2 Å². The molecule has 0 aromatic heterocycles. The molecule has 0 saturated heterocycles. The molecule has 1 aromatic rings. The summed E-state index contributed by atoms with van der Waals surface area (Å²) in [5.74, 6) is 3.80. The van der Waals surface area contributed by atoms with E-state index in [1.54, 1.807) is 0 Å². The zero-order valence-corrected chi connectivity index (χ0v) is 10.7. The summed E-state index contributed by atoms with van der Waals surface area (Å²) in [6, 6.07) is 8.05. The Morgan fingerprint density at radius 2 is 1.83 bits per heavy atom. The van der Waals surface area contributed by atoms with Gasteiger partial charge in [0.2, 0.25) is 5.91 Å². The van der Waals surface area contributed by atoms with Crippen LogP contribution in [-0.2, 0) is 4.79 Å². The molecule has 0 radical (unpaired) electrons. The van der Waals surface area contributed by atoms with Crippen LogP contribution in [0.15, 0.2) is 24.3 Å². The van der Waals surface area contributed by atoms with Gasteiger partial charge in [0.25, 0.3) is 0 Å². The molecule has 0 spiro atoms. The maximum Gasteiger partial charge on any atom is 0.228 e. The van der Waals surface area contributed by atoms with E-state index in [1.807, 2.05) is 31.2 Å². The van der Waals surface area contributed by atoms with Crippen LogP contribution in [0.25, 0.3) is 0 Å². The second kappa shape index (κ2) is 3.59. The van der Waals surface area contributed by atoms with Crippen molar-refractivity contribution in [1.82, 2.24) is 0 Å². The topological polar surface area (TPSA) is 29.1 Å². The van der Waals surface area contributed by atoms with Crippen molar-refractivity contribution < 1.29 is 4.79 Å². The highest BCUT2D eigenvalue weighted by molar-refractivity contribution is 5.95. The molecule has 0 heterocycles. The fraction of sp³-hybridized carbons (Fsp3) is 0.562. The molecule has 2 bridgehead atoms. The molecule has 3 aliphatic carbocycles. The number of nitrogens with one attached hydrogen (secondary N) is 1. The summed E-state index contributed by atoms with van der Waals surface area (Å²) in [5.41, 5.74) is 2.14. The first-order chi connectivity index (χ1) is 8.75. The van der Waals surface area contributed by atoms with Gasteiger partial charge in [0.15, 0.2) is 0 Å². The lowest BCUT2D eigenvalue weighted by Crippen LogP contribution is -2.19. The van der Waals surface area contributed by atoms with Gasteiger partial charge in [0.1, 0.15) is 0 Å². The van der Waals surface area contributed by atoms with Crippen molar-refractivity contribution in [3.05, 3.63) is 29.8 Å². The second-order valence-corrected chi connectivity index (χ2v) is 6.32. The molecule has 1 aromatic carbocycles. The predicted octanol–water partition coefficient (Wildman–Crippen LogP) is 3.23. The van der Waals surface area contributed by atoms with E-state index in [0.717, 1.165) is 34.9 Å². The van der Waals surface area contributed by atoms with Gasteiger partial charge in [-0.2, -0.15) is 0 Å². The minimum atomic E-state index is 0.274. The summed E-state index contributed by atoms with van der Waals surface area (Å²) in [6.07, 6.45) is 4.16. The van der Waals surface area contributed by atoms with Crippen LogP contribution in [0.5, 0.6) is 0 Å². The average Bonchev–Trinajstić information content (AvgIpc) is 2.82. The smallest absolute Gasteiger partial charge is 0.228 e. The molecule has 3 saturated carbocycles. The maximum atomic E-state index is 12.3. The van der Waals surface area contributed by atoms with Crippen molar-refractivity contribution >= 4 is 11.6 Å². The Balaban J connectivity index is 1.48. The third-order valence-corrected chi connectivity index (χ3v) is 5.44. The maximum absolute atomic E-state index is 12.3. The Labute approximate surface area is 108 Å². The van der Waals surface area contributed by atoms with Crippen LogP contribution < -0.4 is 5.32 Å². The minimum absolute atomic E-state index is 0.274. The first-order valence-electron chi connectivity index (χ1n) is 7.12. The summed E-state index contributed by atoms with van der Waals surface area (Å²) in [4.78, 5) is 12.3. The highest BCUT2D eigenvalue weighted by atomic mass is 16.2. The number of para-hydroxylation sites is 1. The van der Waals surface area contributed by atoms with Gasteiger partial charge in [-0.25, -0.2) is 0 Å². The molecule has 4 rings (SSSR count). The Morgan fingerprint density at radius 3 is 2.50 bits per heavy atom. The van der Waals surface area contributed by atoms with Gasteiger partial charge >= 0.3 is 0 Å². The van der Waals surface area contributed by atoms with E-state index in [2.05, 4.69) is 5.32 Å². The molecule has 3 aliphatic rings. The Kier molecular flexibility index (Phi) is 2.12. The van der Waals surface area contributed by atoms with Crippen LogP contribution in [0.1, 0.15) is 24.8 Å². The summed E-state index contributed by atoms with van der Waals surface area (Å²) in [6.45, 7) is 2.05. The molecule has 18 heavy (non-hydrogen) atoms. The quantitative estimate of drug-likeness (QED) is 0.846. The molecule has 2 heteroatoms. The van der Waals surface area contributed by atoms with Crippen molar-refractivity contribution in [3.8, 4) is 0 Å². The summed E-state index contributed by atoms with van der Waals surface area (Å²) in [5, 5.41) is 3.13. The van der Waals surface area contributed by atoms with Crippen LogP contribution in [0, 0.1) is 36.5 Å². The van der Waals surface area contributed by atoms with Gasteiger partial charge in [-0.05, 0) is 61.5 Å². The molecule has 3 fully saturated rings. The molecule has 94 valence electrons. The van der Waals surface area contributed by atoms with Gasteiger partial charge in [0.05, 0.1) is 0 Å². The van der Waals surface area contributed by atoms with Crippen LogP contribution in [0.4, 0.5) is 5.69 Å². The number of amides is 1. The molecular weight excluding hydrogens is 222 g/mol. The number of aryl methyl sites for hydroxylation is 1. The van der Waals surface area contributed by atoms with E-state index in [0.29, 0.717) is 5.92 Å². The number of carbonyl (C=O) groups excluding carboxylic acids is 1. The Hall–Kier alpha value is -1.31.